The number of amides is 1. The van der Waals surface area contributed by atoms with E-state index in [-0.39, 0.29) is 10.7 Å². The molecule has 19 heavy (non-hydrogen) atoms. The molecule has 0 bridgehead atoms. The second-order valence-electron chi connectivity index (χ2n) is 3.69. The molecule has 1 N–H and O–H groups in total. The molecule has 1 rings (SSSR count). The first-order chi connectivity index (χ1) is 8.69. The first kappa shape index (κ1) is 15.7. The van der Waals surface area contributed by atoms with Gasteiger partial charge < -0.3 is 10.1 Å². The summed E-state index contributed by atoms with van der Waals surface area (Å²) >= 11 is 5.49. The molecule has 0 radical (unpaired) electrons. The monoisotopic (exact) mass is 299 g/mol. The molecular formula is C11H10ClF4NO2. The second kappa shape index (κ2) is 6.21. The van der Waals surface area contributed by atoms with Gasteiger partial charge in [-0.1, -0.05) is 11.6 Å². The summed E-state index contributed by atoms with van der Waals surface area (Å²) in [4.78, 5) is 11.5. The Morgan fingerprint density at radius 3 is 2.63 bits per heavy atom. The van der Waals surface area contributed by atoms with Gasteiger partial charge >= 0.3 is 6.18 Å². The van der Waals surface area contributed by atoms with Crippen molar-refractivity contribution in [3.8, 4) is 0 Å². The minimum Gasteiger partial charge on any atom is -0.359 e. The van der Waals surface area contributed by atoms with Crippen LogP contribution in [0, 0.1) is 5.82 Å². The molecule has 0 aromatic heterocycles. The van der Waals surface area contributed by atoms with Gasteiger partial charge in [0.1, 0.15) is 18.5 Å². The van der Waals surface area contributed by atoms with Gasteiger partial charge in [0.05, 0.1) is 5.02 Å². The van der Waals surface area contributed by atoms with Crippen LogP contribution in [0.3, 0.4) is 0 Å². The highest BCUT2D eigenvalue weighted by atomic mass is 35.5. The quantitative estimate of drug-likeness (QED) is 0.866. The Morgan fingerprint density at radius 1 is 1.47 bits per heavy atom. The molecule has 1 aromatic carbocycles. The summed E-state index contributed by atoms with van der Waals surface area (Å²) in [5, 5.41) is 2.06. The van der Waals surface area contributed by atoms with E-state index >= 15 is 0 Å². The Morgan fingerprint density at radius 2 is 2.11 bits per heavy atom. The average Bonchev–Trinajstić information content (AvgIpc) is 2.29. The molecule has 8 heteroatoms. The van der Waals surface area contributed by atoms with Crippen molar-refractivity contribution in [2.24, 2.45) is 0 Å². The number of anilines is 1. The van der Waals surface area contributed by atoms with Crippen LogP contribution in [0.25, 0.3) is 0 Å². The van der Waals surface area contributed by atoms with E-state index in [2.05, 4.69) is 10.1 Å². The average molecular weight is 300 g/mol. The number of nitrogens with one attached hydrogen (secondary N) is 1. The van der Waals surface area contributed by atoms with Gasteiger partial charge in [-0.15, -0.1) is 0 Å². The molecule has 106 valence electrons. The van der Waals surface area contributed by atoms with Crippen molar-refractivity contribution >= 4 is 23.2 Å². The Hall–Kier alpha value is -1.34. The maximum absolute atomic E-state index is 12.9. The third-order valence-corrected chi connectivity index (χ3v) is 2.34. The van der Waals surface area contributed by atoms with Gasteiger partial charge in [0.2, 0.25) is 0 Å². The van der Waals surface area contributed by atoms with E-state index in [0.717, 1.165) is 12.1 Å². The molecule has 1 unspecified atom stereocenters. The predicted octanol–water partition coefficient (Wildman–Crippen LogP) is 3.39. The van der Waals surface area contributed by atoms with Gasteiger partial charge in [0, 0.05) is 5.69 Å². The van der Waals surface area contributed by atoms with Crippen LogP contribution in [0.4, 0.5) is 23.2 Å². The molecule has 0 spiro atoms. The van der Waals surface area contributed by atoms with E-state index < -0.39 is 30.6 Å². The minimum absolute atomic E-state index is 0.166. The number of alkyl halides is 3. The lowest BCUT2D eigenvalue weighted by atomic mass is 10.3. The van der Waals surface area contributed by atoms with Crippen molar-refractivity contribution in [1.82, 2.24) is 0 Å². The number of rotatable bonds is 4. The fourth-order valence-electron chi connectivity index (χ4n) is 1.11. The number of halogens is 5. The van der Waals surface area contributed by atoms with Crippen LogP contribution in [0.15, 0.2) is 18.2 Å². The molecule has 0 fully saturated rings. The van der Waals surface area contributed by atoms with E-state index in [9.17, 15) is 22.4 Å². The summed E-state index contributed by atoms with van der Waals surface area (Å²) in [6.45, 7) is -0.349. The fraction of sp³-hybridized carbons (Fsp3) is 0.364. The van der Waals surface area contributed by atoms with Gasteiger partial charge in [-0.05, 0) is 25.1 Å². The van der Waals surface area contributed by atoms with Crippen molar-refractivity contribution in [2.75, 3.05) is 11.9 Å². The summed E-state index contributed by atoms with van der Waals surface area (Å²) < 4.78 is 52.9. The van der Waals surface area contributed by atoms with Crippen LogP contribution in [-0.4, -0.2) is 24.8 Å². The van der Waals surface area contributed by atoms with E-state index in [4.69, 9.17) is 11.6 Å². The van der Waals surface area contributed by atoms with Crippen LogP contribution in [-0.2, 0) is 9.53 Å². The van der Waals surface area contributed by atoms with Gasteiger partial charge in [0.25, 0.3) is 5.91 Å². The SMILES string of the molecule is CC(OCC(F)(F)F)C(=O)Nc1ccc(F)c(Cl)c1. The number of benzene rings is 1. The maximum atomic E-state index is 12.9. The standard InChI is InChI=1S/C11H10ClF4NO2/c1-6(19-5-11(14,15)16)10(18)17-7-2-3-9(13)8(12)4-7/h2-4,6H,5H2,1H3,(H,17,18). The molecule has 1 amide bonds. The summed E-state index contributed by atoms with van der Waals surface area (Å²) in [6, 6.07) is 3.40. The lowest BCUT2D eigenvalue weighted by molar-refractivity contribution is -0.184. The zero-order chi connectivity index (χ0) is 14.6. The van der Waals surface area contributed by atoms with Crippen molar-refractivity contribution in [3.05, 3.63) is 29.0 Å². The number of carbonyl (C=O) groups is 1. The summed E-state index contributed by atoms with van der Waals surface area (Å²) in [5.41, 5.74) is 0.166. The van der Waals surface area contributed by atoms with Crippen LogP contribution in [0.1, 0.15) is 6.92 Å². The van der Waals surface area contributed by atoms with Crippen molar-refractivity contribution in [1.29, 1.82) is 0 Å². The molecule has 0 aliphatic carbocycles. The first-order valence-electron chi connectivity index (χ1n) is 5.13. The van der Waals surface area contributed by atoms with Gasteiger partial charge in [-0.25, -0.2) is 4.39 Å². The maximum Gasteiger partial charge on any atom is 0.411 e. The zero-order valence-corrected chi connectivity index (χ0v) is 10.5. The van der Waals surface area contributed by atoms with Crippen molar-refractivity contribution < 1.29 is 27.1 Å². The third kappa shape index (κ3) is 5.44. The highest BCUT2D eigenvalue weighted by Gasteiger charge is 2.29. The summed E-state index contributed by atoms with van der Waals surface area (Å²) in [5.74, 6) is -1.45. The molecule has 0 saturated carbocycles. The molecule has 0 saturated heterocycles. The zero-order valence-electron chi connectivity index (χ0n) is 9.72. The molecule has 0 heterocycles. The van der Waals surface area contributed by atoms with Gasteiger partial charge in [0.15, 0.2) is 0 Å². The topological polar surface area (TPSA) is 38.3 Å². The lowest BCUT2D eigenvalue weighted by Gasteiger charge is -2.14. The molecule has 3 nitrogen and oxygen atoms in total. The number of hydrogen-bond acceptors (Lipinski definition) is 2. The Kier molecular flexibility index (Phi) is 5.13. The van der Waals surface area contributed by atoms with Crippen LogP contribution >= 0.6 is 11.6 Å². The minimum atomic E-state index is -4.51. The predicted molar refractivity (Wildman–Crippen MR) is 61.5 cm³/mol. The van der Waals surface area contributed by atoms with Crippen LogP contribution in [0.5, 0.6) is 0 Å². The fourth-order valence-corrected chi connectivity index (χ4v) is 1.29. The lowest BCUT2D eigenvalue weighted by Crippen LogP contribution is -2.31. The van der Waals surface area contributed by atoms with E-state index in [1.807, 2.05) is 0 Å². The molecule has 0 aliphatic heterocycles. The second-order valence-corrected chi connectivity index (χ2v) is 4.09. The normalized spacial score (nSPS) is 13.2. The van der Waals surface area contributed by atoms with Crippen molar-refractivity contribution in [2.45, 2.75) is 19.2 Å². The Balaban J connectivity index is 2.56. The molecule has 0 aliphatic rings. The highest BCUT2D eigenvalue weighted by Crippen LogP contribution is 2.20. The summed E-state index contributed by atoms with van der Waals surface area (Å²) in [6.07, 6.45) is -5.81. The molecular weight excluding hydrogens is 290 g/mol. The number of ether oxygens (including phenoxy) is 1. The number of carbonyl (C=O) groups excluding carboxylic acids is 1. The Bertz CT molecular complexity index is 464. The van der Waals surface area contributed by atoms with Gasteiger partial charge in [-0.3, -0.25) is 4.79 Å². The van der Waals surface area contributed by atoms with Crippen LogP contribution < -0.4 is 5.32 Å². The Labute approximate surface area is 111 Å². The van der Waals surface area contributed by atoms with Gasteiger partial charge in [-0.2, -0.15) is 13.2 Å². The van der Waals surface area contributed by atoms with Crippen molar-refractivity contribution in [3.63, 3.8) is 0 Å². The number of hydrogen-bond donors (Lipinski definition) is 1. The first-order valence-corrected chi connectivity index (χ1v) is 5.51. The third-order valence-electron chi connectivity index (χ3n) is 2.05. The molecule has 1 atom stereocenters. The van der Waals surface area contributed by atoms with E-state index in [0.29, 0.717) is 0 Å². The summed E-state index contributed by atoms with van der Waals surface area (Å²) in [7, 11) is 0. The van der Waals surface area contributed by atoms with Crippen LogP contribution in [0.2, 0.25) is 5.02 Å². The van der Waals surface area contributed by atoms with E-state index in [1.165, 1.54) is 13.0 Å². The smallest absolute Gasteiger partial charge is 0.359 e. The highest BCUT2D eigenvalue weighted by molar-refractivity contribution is 6.31. The largest absolute Gasteiger partial charge is 0.411 e. The molecule has 1 aromatic rings. The van der Waals surface area contributed by atoms with E-state index in [1.54, 1.807) is 0 Å².